The van der Waals surface area contributed by atoms with E-state index in [1.807, 2.05) is 68.4 Å². The molecule has 2 rings (SSSR count). The van der Waals surface area contributed by atoms with Crippen molar-refractivity contribution in [2.75, 3.05) is 5.32 Å². The van der Waals surface area contributed by atoms with Gasteiger partial charge in [0.1, 0.15) is 11.8 Å². The van der Waals surface area contributed by atoms with Crippen LogP contribution in [0, 0.1) is 0 Å². The highest BCUT2D eigenvalue weighted by atomic mass is 16.5. The maximum Gasteiger partial charge on any atom is 0.244 e. The van der Waals surface area contributed by atoms with Crippen LogP contribution in [-0.2, 0) is 4.79 Å². The van der Waals surface area contributed by atoms with E-state index in [1.165, 1.54) is 0 Å². The van der Waals surface area contributed by atoms with Gasteiger partial charge in [-0.25, -0.2) is 0 Å². The van der Waals surface area contributed by atoms with Gasteiger partial charge in [0.05, 0.1) is 6.10 Å². The van der Waals surface area contributed by atoms with Crippen molar-refractivity contribution in [1.29, 1.82) is 0 Å². The van der Waals surface area contributed by atoms with Crippen LogP contribution in [0.5, 0.6) is 5.75 Å². The lowest BCUT2D eigenvalue weighted by molar-refractivity contribution is -0.118. The summed E-state index contributed by atoms with van der Waals surface area (Å²) in [5.41, 5.74) is 7.15. The molecule has 110 valence electrons. The molecule has 0 heterocycles. The number of hydrogen-bond acceptors (Lipinski definition) is 3. The lowest BCUT2D eigenvalue weighted by Gasteiger charge is -2.18. The Bertz CT molecular complexity index is 597. The Balaban J connectivity index is 2.24. The summed E-state index contributed by atoms with van der Waals surface area (Å²) in [7, 11) is 0. The first kappa shape index (κ1) is 14.9. The van der Waals surface area contributed by atoms with Gasteiger partial charge in [0.15, 0.2) is 0 Å². The molecule has 21 heavy (non-hydrogen) atoms. The summed E-state index contributed by atoms with van der Waals surface area (Å²) in [6.07, 6.45) is 0.0781. The Hall–Kier alpha value is -2.49. The van der Waals surface area contributed by atoms with Crippen LogP contribution in [0.2, 0.25) is 0 Å². The van der Waals surface area contributed by atoms with E-state index in [0.29, 0.717) is 0 Å². The van der Waals surface area contributed by atoms with Crippen LogP contribution in [0.25, 0.3) is 0 Å². The summed E-state index contributed by atoms with van der Waals surface area (Å²) < 4.78 is 5.66. The smallest absolute Gasteiger partial charge is 0.244 e. The maximum atomic E-state index is 11.8. The van der Waals surface area contributed by atoms with Gasteiger partial charge in [-0.3, -0.25) is 4.79 Å². The number of carbonyl (C=O) groups is 1. The van der Waals surface area contributed by atoms with Crippen molar-refractivity contribution in [3.63, 3.8) is 0 Å². The molecule has 0 aliphatic heterocycles. The first-order valence-corrected chi connectivity index (χ1v) is 6.94. The molecule has 1 amide bonds. The Morgan fingerprint density at radius 1 is 1.10 bits per heavy atom. The molecular weight excluding hydrogens is 264 g/mol. The molecule has 4 heteroatoms. The van der Waals surface area contributed by atoms with Crippen molar-refractivity contribution in [2.45, 2.75) is 26.0 Å². The highest BCUT2D eigenvalue weighted by Gasteiger charge is 2.18. The predicted molar refractivity (Wildman–Crippen MR) is 84.2 cm³/mol. The normalized spacial score (nSPS) is 12.0. The average molecular weight is 284 g/mol. The van der Waals surface area contributed by atoms with Crippen molar-refractivity contribution in [3.05, 3.63) is 60.2 Å². The van der Waals surface area contributed by atoms with Crippen LogP contribution in [0.3, 0.4) is 0 Å². The zero-order chi connectivity index (χ0) is 15.2. The van der Waals surface area contributed by atoms with Gasteiger partial charge < -0.3 is 15.8 Å². The Morgan fingerprint density at radius 2 is 1.81 bits per heavy atom. The third-order valence-electron chi connectivity index (χ3n) is 2.93. The molecule has 1 unspecified atom stereocenters. The second-order valence-corrected chi connectivity index (χ2v) is 5.08. The number of amides is 1. The Kier molecular flexibility index (Phi) is 4.82. The van der Waals surface area contributed by atoms with E-state index in [0.717, 1.165) is 17.0 Å². The molecule has 4 nitrogen and oxygen atoms in total. The van der Waals surface area contributed by atoms with Crippen molar-refractivity contribution < 1.29 is 9.53 Å². The number of para-hydroxylation sites is 1. The van der Waals surface area contributed by atoms with E-state index in [4.69, 9.17) is 10.5 Å². The van der Waals surface area contributed by atoms with E-state index in [1.54, 1.807) is 0 Å². The Labute approximate surface area is 124 Å². The fraction of sp³-hybridized carbons (Fsp3) is 0.235. The Morgan fingerprint density at radius 3 is 2.43 bits per heavy atom. The summed E-state index contributed by atoms with van der Waals surface area (Å²) in [5, 5.41) is 3.15. The first-order chi connectivity index (χ1) is 10.1. The van der Waals surface area contributed by atoms with Crippen molar-refractivity contribution in [3.8, 4) is 5.75 Å². The zero-order valence-electron chi connectivity index (χ0n) is 12.2. The van der Waals surface area contributed by atoms with Gasteiger partial charge in [-0.1, -0.05) is 30.3 Å². The number of hydrogen-bond donors (Lipinski definition) is 2. The highest BCUT2D eigenvalue weighted by molar-refractivity contribution is 5.84. The maximum absolute atomic E-state index is 11.8. The number of anilines is 1. The number of carbonyl (C=O) groups excluding carboxylic acids is 1. The summed E-state index contributed by atoms with van der Waals surface area (Å²) in [6.45, 7) is 3.92. The molecule has 0 spiro atoms. The third kappa shape index (κ3) is 4.24. The monoisotopic (exact) mass is 284 g/mol. The van der Waals surface area contributed by atoms with Crippen molar-refractivity contribution >= 4 is 11.6 Å². The van der Waals surface area contributed by atoms with E-state index in [-0.39, 0.29) is 6.10 Å². The van der Waals surface area contributed by atoms with Crippen LogP contribution >= 0.6 is 0 Å². The van der Waals surface area contributed by atoms with Crippen molar-refractivity contribution in [1.82, 2.24) is 0 Å². The van der Waals surface area contributed by atoms with Crippen LogP contribution in [0.15, 0.2) is 54.6 Å². The summed E-state index contributed by atoms with van der Waals surface area (Å²) in [4.78, 5) is 11.8. The standard InChI is InChI=1S/C17H20N2O2/c1-12(2)21-15-10-6-7-13(11-15)16(17(18)20)19-14-8-4-3-5-9-14/h3-12,16,19H,1-2H3,(H2,18,20). The van der Waals surface area contributed by atoms with E-state index in [2.05, 4.69) is 5.32 Å². The molecule has 0 radical (unpaired) electrons. The van der Waals surface area contributed by atoms with Crippen LogP contribution < -0.4 is 15.8 Å². The van der Waals surface area contributed by atoms with Crippen LogP contribution in [0.4, 0.5) is 5.69 Å². The largest absolute Gasteiger partial charge is 0.491 e. The van der Waals surface area contributed by atoms with Gasteiger partial charge >= 0.3 is 0 Å². The molecule has 0 saturated heterocycles. The van der Waals surface area contributed by atoms with Gasteiger partial charge in [0.25, 0.3) is 0 Å². The van der Waals surface area contributed by atoms with Gasteiger partial charge in [-0.05, 0) is 43.7 Å². The minimum absolute atomic E-state index is 0.0781. The molecule has 2 aromatic carbocycles. The average Bonchev–Trinajstić information content (AvgIpc) is 2.45. The fourth-order valence-electron chi connectivity index (χ4n) is 2.06. The highest BCUT2D eigenvalue weighted by Crippen LogP contribution is 2.23. The number of nitrogens with one attached hydrogen (secondary N) is 1. The van der Waals surface area contributed by atoms with E-state index >= 15 is 0 Å². The molecule has 1 atom stereocenters. The van der Waals surface area contributed by atoms with Gasteiger partial charge in [0.2, 0.25) is 5.91 Å². The molecule has 0 aromatic heterocycles. The van der Waals surface area contributed by atoms with Gasteiger partial charge in [-0.15, -0.1) is 0 Å². The molecule has 0 bridgehead atoms. The first-order valence-electron chi connectivity index (χ1n) is 6.94. The van der Waals surface area contributed by atoms with E-state index in [9.17, 15) is 4.79 Å². The lowest BCUT2D eigenvalue weighted by atomic mass is 10.1. The zero-order valence-corrected chi connectivity index (χ0v) is 12.2. The number of primary amides is 1. The topological polar surface area (TPSA) is 64.3 Å². The molecule has 0 aliphatic rings. The molecule has 0 aliphatic carbocycles. The summed E-state index contributed by atoms with van der Waals surface area (Å²) in [5.74, 6) is 0.296. The van der Waals surface area contributed by atoms with Crippen molar-refractivity contribution in [2.24, 2.45) is 5.73 Å². The number of benzene rings is 2. The van der Waals surface area contributed by atoms with Crippen LogP contribution in [0.1, 0.15) is 25.5 Å². The number of rotatable bonds is 6. The summed E-state index contributed by atoms with van der Waals surface area (Å²) >= 11 is 0. The molecule has 2 aromatic rings. The van der Waals surface area contributed by atoms with E-state index < -0.39 is 11.9 Å². The van der Waals surface area contributed by atoms with Gasteiger partial charge in [0, 0.05) is 5.69 Å². The number of ether oxygens (including phenoxy) is 1. The SMILES string of the molecule is CC(C)Oc1cccc(C(Nc2ccccc2)C(N)=O)c1. The third-order valence-corrected chi connectivity index (χ3v) is 2.93. The quantitative estimate of drug-likeness (QED) is 0.856. The minimum Gasteiger partial charge on any atom is -0.491 e. The fourth-order valence-corrected chi connectivity index (χ4v) is 2.06. The summed E-state index contributed by atoms with van der Waals surface area (Å²) in [6, 6.07) is 16.3. The predicted octanol–water partition coefficient (Wildman–Crippen LogP) is 3.11. The second kappa shape index (κ2) is 6.79. The second-order valence-electron chi connectivity index (χ2n) is 5.08. The number of nitrogens with two attached hydrogens (primary N) is 1. The minimum atomic E-state index is -0.594. The molecular formula is C17H20N2O2. The molecule has 0 saturated carbocycles. The molecule has 3 N–H and O–H groups in total. The van der Waals surface area contributed by atoms with Crippen LogP contribution in [-0.4, -0.2) is 12.0 Å². The van der Waals surface area contributed by atoms with Gasteiger partial charge in [-0.2, -0.15) is 0 Å². The lowest BCUT2D eigenvalue weighted by Crippen LogP contribution is -2.27. The molecule has 0 fully saturated rings.